The molecule has 4 heteroatoms. The van der Waals surface area contributed by atoms with Crippen LogP contribution in [0.15, 0.2) is 249 Å². The first kappa shape index (κ1) is 61.9. The minimum absolute atomic E-state index is 0.0586. The van der Waals surface area contributed by atoms with Crippen molar-refractivity contribution in [3.63, 3.8) is 0 Å². The molecule has 0 aromatic heterocycles. The Labute approximate surface area is 576 Å². The van der Waals surface area contributed by atoms with E-state index in [9.17, 15) is 0 Å². The van der Waals surface area contributed by atoms with Crippen molar-refractivity contribution in [3.8, 4) is 89.8 Å². The molecule has 16 rings (SSSR count). The summed E-state index contributed by atoms with van der Waals surface area (Å²) in [4.78, 5) is 2.65. The summed E-state index contributed by atoms with van der Waals surface area (Å²) in [5.74, 6) is 3.40. The molecule has 0 saturated carbocycles. The Morgan fingerprint density at radius 1 is 0.268 bits per heavy atom. The van der Waals surface area contributed by atoms with E-state index in [1.54, 1.807) is 0 Å². The number of ether oxygens (including phenoxy) is 2. The van der Waals surface area contributed by atoms with E-state index < -0.39 is 5.41 Å². The maximum Gasteiger partial charge on any atom is 0.256 e. The summed E-state index contributed by atoms with van der Waals surface area (Å²) in [5, 5.41) is 0. The summed E-state index contributed by atoms with van der Waals surface area (Å²) in [6.45, 7) is 34.8. The lowest BCUT2D eigenvalue weighted by molar-refractivity contribution is 0.436. The monoisotopic (exact) mass is 1260 g/mol. The van der Waals surface area contributed by atoms with Gasteiger partial charge in [0.2, 0.25) is 0 Å². The highest BCUT2D eigenvalue weighted by Crippen LogP contribution is 2.63. The number of anilines is 3. The van der Waals surface area contributed by atoms with Crippen molar-refractivity contribution < 1.29 is 9.47 Å². The Morgan fingerprint density at radius 2 is 0.649 bits per heavy atom. The van der Waals surface area contributed by atoms with Crippen molar-refractivity contribution in [3.05, 3.63) is 299 Å². The van der Waals surface area contributed by atoms with Gasteiger partial charge in [-0.05, 0) is 187 Å². The van der Waals surface area contributed by atoms with Crippen molar-refractivity contribution in [1.29, 1.82) is 0 Å². The van der Waals surface area contributed by atoms with Crippen LogP contribution >= 0.6 is 0 Å². The lowest BCUT2D eigenvalue weighted by atomic mass is 9.34. The molecule has 0 unspecified atom stereocenters. The molecule has 0 N–H and O–H groups in total. The maximum atomic E-state index is 7.77. The zero-order chi connectivity index (χ0) is 67.5. The van der Waals surface area contributed by atoms with Crippen LogP contribution in [-0.2, 0) is 32.5 Å². The molecule has 3 nitrogen and oxygen atoms in total. The summed E-state index contributed by atoms with van der Waals surface area (Å²) in [7, 11) is 0. The average molecular weight is 1260 g/mol. The Kier molecular flexibility index (Phi) is 14.1. The van der Waals surface area contributed by atoms with Gasteiger partial charge in [0.25, 0.3) is 6.71 Å². The molecule has 12 aromatic carbocycles. The molecule has 3 heterocycles. The Bertz CT molecular complexity index is 5020. The molecule has 4 aliphatic rings. The van der Waals surface area contributed by atoms with Crippen LogP contribution in [0.2, 0.25) is 0 Å². The fourth-order valence-corrected chi connectivity index (χ4v) is 15.9. The maximum absolute atomic E-state index is 7.77. The lowest BCUT2D eigenvalue weighted by Crippen LogP contribution is -2.59. The zero-order valence-electron chi connectivity index (χ0n) is 59.0. The normalized spacial score (nSPS) is 14.1. The predicted molar refractivity (Wildman–Crippen MR) is 410 cm³/mol. The van der Waals surface area contributed by atoms with Gasteiger partial charge in [0.1, 0.15) is 23.0 Å². The minimum atomic E-state index is -0.602. The van der Waals surface area contributed by atoms with Crippen molar-refractivity contribution >= 4 is 40.2 Å². The van der Waals surface area contributed by atoms with Crippen LogP contribution in [0, 0.1) is 0 Å². The highest BCUT2D eigenvalue weighted by Gasteiger charge is 2.51. The standard InChI is InChI=1S/C93H86BNO2/c1-88(2,3)65-44-62(45-66(53-65)89(4,5)6)59-39-42-78-80(48-59)95(87-72(57-28-18-16-19-29-57)55-69(92(13,14)15)56-73(87)58-30-20-17-21-31-58)81-49-64(52-85-86(81)94(78)79-43-40-61(51-84(79)97-85)63-46-67(90(7,8)9)54-68(47-63)91(10,11)12)60-38-41-77-83(50-60)96-82-37-27-26-36-76(82)93(77)74-34-24-22-32-70(74)71-33-23-25-35-75(71)93/h16-56H,1-15H3. The summed E-state index contributed by atoms with van der Waals surface area (Å²) >= 11 is 0. The summed E-state index contributed by atoms with van der Waals surface area (Å²) in [6.07, 6.45) is 0. The Balaban J connectivity index is 1.01. The highest BCUT2D eigenvalue weighted by molar-refractivity contribution is 6.99. The van der Waals surface area contributed by atoms with E-state index in [4.69, 9.17) is 9.47 Å². The quantitative estimate of drug-likeness (QED) is 0.155. The predicted octanol–water partition coefficient (Wildman–Crippen LogP) is 23.4. The van der Waals surface area contributed by atoms with Crippen LogP contribution in [0.3, 0.4) is 0 Å². The summed E-state index contributed by atoms with van der Waals surface area (Å²) in [6, 6.07) is 94.6. The van der Waals surface area contributed by atoms with E-state index in [1.165, 1.54) is 72.2 Å². The number of hydrogen-bond donors (Lipinski definition) is 0. The van der Waals surface area contributed by atoms with Crippen LogP contribution < -0.4 is 30.8 Å². The number of benzene rings is 12. The van der Waals surface area contributed by atoms with Gasteiger partial charge in [-0.15, -0.1) is 0 Å². The van der Waals surface area contributed by atoms with Gasteiger partial charge in [-0.3, -0.25) is 0 Å². The van der Waals surface area contributed by atoms with Crippen molar-refractivity contribution in [2.45, 2.75) is 136 Å². The fraction of sp³-hybridized carbons (Fsp3) is 0.226. The minimum Gasteiger partial charge on any atom is -0.458 e. The van der Waals surface area contributed by atoms with Crippen LogP contribution in [0.25, 0.3) is 66.8 Å². The fourth-order valence-electron chi connectivity index (χ4n) is 15.9. The third-order valence-electron chi connectivity index (χ3n) is 21.3. The third-order valence-corrected chi connectivity index (χ3v) is 21.3. The average Bonchev–Trinajstić information content (AvgIpc) is 1.64. The van der Waals surface area contributed by atoms with Gasteiger partial charge in [-0.1, -0.05) is 304 Å². The molecule has 12 aromatic rings. The zero-order valence-corrected chi connectivity index (χ0v) is 59.0. The van der Waals surface area contributed by atoms with Gasteiger partial charge in [-0.2, -0.15) is 0 Å². The molecule has 478 valence electrons. The lowest BCUT2D eigenvalue weighted by Gasteiger charge is -2.42. The van der Waals surface area contributed by atoms with Gasteiger partial charge in [-0.25, -0.2) is 0 Å². The highest BCUT2D eigenvalue weighted by atomic mass is 16.5. The molecule has 1 aliphatic carbocycles. The molecule has 0 bridgehead atoms. The number of rotatable bonds is 6. The van der Waals surface area contributed by atoms with E-state index in [0.29, 0.717) is 0 Å². The topological polar surface area (TPSA) is 21.7 Å². The molecule has 3 aliphatic heterocycles. The summed E-state index contributed by atoms with van der Waals surface area (Å²) < 4.78 is 15.1. The Morgan fingerprint density at radius 3 is 1.16 bits per heavy atom. The van der Waals surface area contributed by atoms with Gasteiger partial charge >= 0.3 is 0 Å². The van der Waals surface area contributed by atoms with Crippen LogP contribution in [0.4, 0.5) is 17.1 Å². The Hall–Kier alpha value is -9.90. The molecular weight excluding hydrogens is 1170 g/mol. The molecule has 0 atom stereocenters. The van der Waals surface area contributed by atoms with Gasteiger partial charge in [0, 0.05) is 33.6 Å². The van der Waals surface area contributed by atoms with Gasteiger partial charge in [0.15, 0.2) is 0 Å². The molecule has 97 heavy (non-hydrogen) atoms. The number of para-hydroxylation sites is 1. The number of hydrogen-bond acceptors (Lipinski definition) is 3. The van der Waals surface area contributed by atoms with Crippen LogP contribution in [-0.4, -0.2) is 6.71 Å². The first-order valence-electron chi connectivity index (χ1n) is 34.9. The van der Waals surface area contributed by atoms with Crippen molar-refractivity contribution in [1.82, 2.24) is 0 Å². The van der Waals surface area contributed by atoms with Gasteiger partial charge in [0.05, 0.1) is 11.1 Å². The molecule has 0 fully saturated rings. The largest absolute Gasteiger partial charge is 0.458 e. The van der Waals surface area contributed by atoms with E-state index >= 15 is 0 Å². The smallest absolute Gasteiger partial charge is 0.256 e. The number of nitrogens with zero attached hydrogens (tertiary/aromatic N) is 1. The first-order valence-corrected chi connectivity index (χ1v) is 34.9. The second kappa shape index (κ2) is 22.1. The molecule has 0 radical (unpaired) electrons. The van der Waals surface area contributed by atoms with Crippen LogP contribution in [0.1, 0.15) is 154 Å². The second-order valence-corrected chi connectivity index (χ2v) is 33.0. The van der Waals surface area contributed by atoms with E-state index in [2.05, 4.69) is 357 Å². The van der Waals surface area contributed by atoms with Gasteiger partial charge < -0.3 is 14.4 Å². The third kappa shape index (κ3) is 10.2. The van der Waals surface area contributed by atoms with E-state index in [1.807, 2.05) is 0 Å². The number of fused-ring (bicyclic) bond motifs is 13. The molecule has 1 spiro atoms. The van der Waals surface area contributed by atoms with E-state index in [-0.39, 0.29) is 33.8 Å². The first-order chi connectivity index (χ1) is 46.2. The molecule has 0 amide bonds. The van der Waals surface area contributed by atoms with Crippen molar-refractivity contribution in [2.24, 2.45) is 0 Å². The molecule has 0 saturated heterocycles. The van der Waals surface area contributed by atoms with E-state index in [0.717, 1.165) is 101 Å². The van der Waals surface area contributed by atoms with Crippen LogP contribution in [0.5, 0.6) is 23.0 Å². The summed E-state index contributed by atoms with van der Waals surface area (Å²) in [5.41, 5.74) is 31.0. The molecular formula is C93H86BNO2. The van der Waals surface area contributed by atoms with Crippen molar-refractivity contribution in [2.75, 3.05) is 4.90 Å². The SMILES string of the molecule is CC(C)(C)c1cc(-c2ccc3c(c2)Oc2cc(-c4ccc5c(c4)Oc4ccccc4C54c5ccccc5-c5ccccc54)cc4c2B3c2ccc(-c3cc(C(C)(C)C)cc(C(C)(C)C)c3)cc2N4c2c(-c3ccccc3)cc(C(C)(C)C)cc2-c2ccccc2)cc(C(C)(C)C)c1. The second-order valence-electron chi connectivity index (χ2n) is 33.0.